The molecule has 1 N–H and O–H groups in total. The van der Waals surface area contributed by atoms with Gasteiger partial charge in [0.15, 0.2) is 0 Å². The van der Waals surface area contributed by atoms with Gasteiger partial charge in [0.2, 0.25) is 5.91 Å². The summed E-state index contributed by atoms with van der Waals surface area (Å²) in [4.78, 5) is 28.8. The van der Waals surface area contributed by atoms with E-state index in [-0.39, 0.29) is 30.0 Å². The highest BCUT2D eigenvalue weighted by Crippen LogP contribution is 2.12. The van der Waals surface area contributed by atoms with Crippen LogP contribution in [0.4, 0.5) is 0 Å². The van der Waals surface area contributed by atoms with Crippen LogP contribution < -0.4 is 0 Å². The fourth-order valence-electron chi connectivity index (χ4n) is 1.71. The molecule has 6 nitrogen and oxygen atoms in total. The molecule has 1 aromatic heterocycles. The van der Waals surface area contributed by atoms with Gasteiger partial charge in [0, 0.05) is 36.6 Å². The lowest BCUT2D eigenvalue weighted by Gasteiger charge is -2.22. The van der Waals surface area contributed by atoms with Crippen molar-refractivity contribution < 1.29 is 14.7 Å². The molecular formula is C15H17N3O3. The summed E-state index contributed by atoms with van der Waals surface area (Å²) in [7, 11) is 0. The van der Waals surface area contributed by atoms with Gasteiger partial charge in [-0.1, -0.05) is 6.07 Å². The van der Waals surface area contributed by atoms with E-state index in [4.69, 9.17) is 10.4 Å². The highest BCUT2D eigenvalue weighted by molar-refractivity contribution is 6.01. The minimum atomic E-state index is -1.12. The van der Waals surface area contributed by atoms with E-state index >= 15 is 0 Å². The molecule has 0 aliphatic rings. The van der Waals surface area contributed by atoms with Gasteiger partial charge in [-0.25, -0.2) is 4.79 Å². The Morgan fingerprint density at radius 2 is 2.10 bits per heavy atom. The van der Waals surface area contributed by atoms with Gasteiger partial charge in [-0.15, -0.1) is 0 Å². The van der Waals surface area contributed by atoms with Gasteiger partial charge in [-0.05, 0) is 25.5 Å². The molecule has 0 radical (unpaired) electrons. The molecule has 0 aliphatic heterocycles. The average Bonchev–Trinajstić information content (AvgIpc) is 2.50. The Hall–Kier alpha value is -2.68. The largest absolute Gasteiger partial charge is 0.478 e. The smallest absolute Gasteiger partial charge is 0.331 e. The number of hydrogen-bond donors (Lipinski definition) is 1. The molecular weight excluding hydrogens is 270 g/mol. The van der Waals surface area contributed by atoms with Crippen molar-refractivity contribution in [2.45, 2.75) is 26.8 Å². The van der Waals surface area contributed by atoms with Crippen LogP contribution in [-0.2, 0) is 16.1 Å². The number of carboxylic acid groups (broad SMARTS) is 1. The van der Waals surface area contributed by atoms with Crippen molar-refractivity contribution in [1.82, 2.24) is 9.88 Å². The van der Waals surface area contributed by atoms with Crippen molar-refractivity contribution in [2.24, 2.45) is 0 Å². The zero-order valence-electron chi connectivity index (χ0n) is 12.0. The Morgan fingerprint density at radius 3 is 2.62 bits per heavy atom. The fourth-order valence-corrected chi connectivity index (χ4v) is 1.71. The monoisotopic (exact) mass is 287 g/mol. The van der Waals surface area contributed by atoms with Gasteiger partial charge in [0.1, 0.15) is 0 Å². The third-order valence-corrected chi connectivity index (χ3v) is 3.08. The number of rotatable bonds is 6. The van der Waals surface area contributed by atoms with Crippen LogP contribution in [0.1, 0.15) is 25.8 Å². The zero-order chi connectivity index (χ0) is 15.8. The molecule has 1 rings (SSSR count). The first-order valence-electron chi connectivity index (χ1n) is 6.43. The molecule has 21 heavy (non-hydrogen) atoms. The molecule has 0 fully saturated rings. The third-order valence-electron chi connectivity index (χ3n) is 3.08. The molecule has 0 bridgehead atoms. The minimum absolute atomic E-state index is 0.00754. The van der Waals surface area contributed by atoms with Crippen molar-refractivity contribution >= 4 is 11.9 Å². The molecule has 0 saturated heterocycles. The first kappa shape index (κ1) is 16.4. The second kappa shape index (κ2) is 7.80. The summed E-state index contributed by atoms with van der Waals surface area (Å²) in [5.74, 6) is -1.50. The summed E-state index contributed by atoms with van der Waals surface area (Å²) in [5.41, 5.74) is 1.00. The number of pyridine rings is 1. The van der Waals surface area contributed by atoms with Gasteiger partial charge in [0.05, 0.1) is 12.5 Å². The van der Waals surface area contributed by atoms with Gasteiger partial charge < -0.3 is 10.0 Å². The standard InChI is InChI=1S/C15H17N3O3/c1-11(12(2)15(20)21)14(19)18(8-4-6-16)10-13-5-3-7-17-9-13/h3,5,7,9H,4,8,10H2,1-2H3,(H,20,21). The van der Waals surface area contributed by atoms with E-state index in [9.17, 15) is 9.59 Å². The molecule has 0 spiro atoms. The quantitative estimate of drug-likeness (QED) is 0.804. The van der Waals surface area contributed by atoms with E-state index in [1.54, 1.807) is 18.5 Å². The normalized spacial score (nSPS) is 11.3. The lowest BCUT2D eigenvalue weighted by atomic mass is 10.1. The highest BCUT2D eigenvalue weighted by atomic mass is 16.4. The first-order valence-corrected chi connectivity index (χ1v) is 6.43. The Balaban J connectivity index is 2.97. The SMILES string of the molecule is CC(C(=O)O)=C(C)C(=O)N(CCC#N)Cc1cccnc1. The predicted molar refractivity (Wildman–Crippen MR) is 75.9 cm³/mol. The zero-order valence-corrected chi connectivity index (χ0v) is 12.0. The van der Waals surface area contributed by atoms with Crippen LogP contribution in [-0.4, -0.2) is 33.4 Å². The number of nitriles is 1. The predicted octanol–water partition coefficient (Wildman–Crippen LogP) is 1.74. The minimum Gasteiger partial charge on any atom is -0.478 e. The molecule has 1 amide bonds. The maximum atomic E-state index is 12.4. The molecule has 0 saturated carbocycles. The van der Waals surface area contributed by atoms with Crippen LogP contribution in [0, 0.1) is 11.3 Å². The second-order valence-corrected chi connectivity index (χ2v) is 4.55. The van der Waals surface area contributed by atoms with E-state index in [1.807, 2.05) is 12.1 Å². The number of aliphatic carboxylic acids is 1. The Morgan fingerprint density at radius 1 is 1.38 bits per heavy atom. The van der Waals surface area contributed by atoms with E-state index in [1.165, 1.54) is 18.7 Å². The van der Waals surface area contributed by atoms with Crippen LogP contribution in [0.2, 0.25) is 0 Å². The lowest BCUT2D eigenvalue weighted by Crippen LogP contribution is -2.33. The van der Waals surface area contributed by atoms with Crippen LogP contribution in [0.5, 0.6) is 0 Å². The number of carbonyl (C=O) groups excluding carboxylic acids is 1. The number of carboxylic acids is 1. The van der Waals surface area contributed by atoms with E-state index in [2.05, 4.69) is 4.98 Å². The maximum absolute atomic E-state index is 12.4. The van der Waals surface area contributed by atoms with Crippen LogP contribution >= 0.6 is 0 Å². The maximum Gasteiger partial charge on any atom is 0.331 e. The highest BCUT2D eigenvalue weighted by Gasteiger charge is 2.19. The summed E-state index contributed by atoms with van der Waals surface area (Å²) in [6.07, 6.45) is 3.45. The van der Waals surface area contributed by atoms with Crippen molar-refractivity contribution in [1.29, 1.82) is 5.26 Å². The molecule has 0 unspecified atom stereocenters. The van der Waals surface area contributed by atoms with Crippen LogP contribution in [0.15, 0.2) is 35.7 Å². The van der Waals surface area contributed by atoms with Crippen molar-refractivity contribution in [3.05, 3.63) is 41.2 Å². The van der Waals surface area contributed by atoms with Gasteiger partial charge >= 0.3 is 5.97 Å². The van der Waals surface area contributed by atoms with Gasteiger partial charge in [-0.2, -0.15) is 5.26 Å². The second-order valence-electron chi connectivity index (χ2n) is 4.55. The molecule has 1 heterocycles. The average molecular weight is 287 g/mol. The number of nitrogens with zero attached hydrogens (tertiary/aromatic N) is 3. The third kappa shape index (κ3) is 4.73. The Labute approximate surface area is 123 Å². The summed E-state index contributed by atoms with van der Waals surface area (Å²) in [5, 5.41) is 17.7. The summed E-state index contributed by atoms with van der Waals surface area (Å²) in [6, 6.07) is 5.57. The van der Waals surface area contributed by atoms with Crippen molar-refractivity contribution in [2.75, 3.05) is 6.54 Å². The van der Waals surface area contributed by atoms with Crippen LogP contribution in [0.3, 0.4) is 0 Å². The Kier molecular flexibility index (Phi) is 6.08. The van der Waals surface area contributed by atoms with Crippen molar-refractivity contribution in [3.63, 3.8) is 0 Å². The van der Waals surface area contributed by atoms with E-state index in [0.29, 0.717) is 6.54 Å². The first-order chi connectivity index (χ1) is 9.97. The summed E-state index contributed by atoms with van der Waals surface area (Å²) in [6.45, 7) is 3.41. The van der Waals surface area contributed by atoms with E-state index in [0.717, 1.165) is 5.56 Å². The molecule has 0 atom stereocenters. The molecule has 1 aromatic rings. The summed E-state index contributed by atoms with van der Waals surface area (Å²) < 4.78 is 0. The van der Waals surface area contributed by atoms with Gasteiger partial charge in [-0.3, -0.25) is 9.78 Å². The van der Waals surface area contributed by atoms with Gasteiger partial charge in [0.25, 0.3) is 0 Å². The number of hydrogen-bond acceptors (Lipinski definition) is 4. The molecule has 6 heteroatoms. The van der Waals surface area contributed by atoms with E-state index < -0.39 is 5.97 Å². The summed E-state index contributed by atoms with van der Waals surface area (Å²) >= 11 is 0. The number of aromatic nitrogens is 1. The topological polar surface area (TPSA) is 94.3 Å². The molecule has 0 aromatic carbocycles. The lowest BCUT2D eigenvalue weighted by molar-refractivity contribution is -0.134. The van der Waals surface area contributed by atoms with Crippen molar-refractivity contribution in [3.8, 4) is 6.07 Å². The van der Waals surface area contributed by atoms with Crippen LogP contribution in [0.25, 0.3) is 0 Å². The Bertz CT molecular complexity index is 588. The molecule has 0 aliphatic carbocycles. The fraction of sp³-hybridized carbons (Fsp3) is 0.333. The number of carbonyl (C=O) groups is 2. The molecule has 110 valence electrons. The number of amides is 1.